The first-order chi connectivity index (χ1) is 7.85. The van der Waals surface area contributed by atoms with Crippen LogP contribution >= 0.6 is 11.8 Å². The standard InChI is InChI=1S/C14H25NS/c1-16-14-5-4-13(8-14)15-9-12-7-10-2-3-11(12)6-10/h10-15H,2-9H2,1H3. The summed E-state index contributed by atoms with van der Waals surface area (Å²) < 4.78 is 0. The van der Waals surface area contributed by atoms with Crippen LogP contribution in [0.15, 0.2) is 0 Å². The van der Waals surface area contributed by atoms with Gasteiger partial charge in [0.15, 0.2) is 0 Å². The van der Waals surface area contributed by atoms with E-state index in [1.807, 2.05) is 0 Å². The first-order valence-corrected chi connectivity index (χ1v) is 8.40. The zero-order valence-corrected chi connectivity index (χ0v) is 11.3. The van der Waals surface area contributed by atoms with Crippen molar-refractivity contribution >= 4 is 11.8 Å². The molecular weight excluding hydrogens is 214 g/mol. The predicted molar refractivity (Wildman–Crippen MR) is 71.9 cm³/mol. The van der Waals surface area contributed by atoms with Crippen LogP contribution < -0.4 is 5.32 Å². The van der Waals surface area contributed by atoms with Crippen LogP contribution in [0, 0.1) is 17.8 Å². The lowest BCUT2D eigenvalue weighted by atomic mass is 9.88. The molecule has 0 aromatic rings. The molecule has 2 bridgehead atoms. The van der Waals surface area contributed by atoms with Crippen molar-refractivity contribution in [1.29, 1.82) is 0 Å². The van der Waals surface area contributed by atoms with Crippen molar-refractivity contribution in [2.75, 3.05) is 12.8 Å². The molecule has 1 nitrogen and oxygen atoms in total. The Kier molecular flexibility index (Phi) is 3.49. The maximum absolute atomic E-state index is 3.86. The molecule has 16 heavy (non-hydrogen) atoms. The van der Waals surface area contributed by atoms with Crippen LogP contribution in [0.1, 0.15) is 44.9 Å². The Balaban J connectivity index is 1.40. The third-order valence-electron chi connectivity index (χ3n) is 5.27. The van der Waals surface area contributed by atoms with Crippen LogP contribution in [0.25, 0.3) is 0 Å². The van der Waals surface area contributed by atoms with Crippen molar-refractivity contribution in [2.45, 2.75) is 56.2 Å². The van der Waals surface area contributed by atoms with Crippen molar-refractivity contribution in [1.82, 2.24) is 5.32 Å². The van der Waals surface area contributed by atoms with Gasteiger partial charge in [-0.25, -0.2) is 0 Å². The summed E-state index contributed by atoms with van der Waals surface area (Å²) >= 11 is 2.07. The van der Waals surface area contributed by atoms with Gasteiger partial charge in [-0.05, 0) is 69.1 Å². The lowest BCUT2D eigenvalue weighted by Gasteiger charge is -2.24. The van der Waals surface area contributed by atoms with E-state index in [9.17, 15) is 0 Å². The van der Waals surface area contributed by atoms with Gasteiger partial charge in [0, 0.05) is 11.3 Å². The van der Waals surface area contributed by atoms with Gasteiger partial charge in [0.1, 0.15) is 0 Å². The average Bonchev–Trinajstić information content (AvgIpc) is 3.02. The smallest absolute Gasteiger partial charge is 0.00781 e. The molecule has 0 heterocycles. The maximum atomic E-state index is 3.86. The Morgan fingerprint density at radius 1 is 1.06 bits per heavy atom. The minimum absolute atomic E-state index is 0.844. The molecule has 0 aromatic heterocycles. The minimum Gasteiger partial charge on any atom is -0.314 e. The van der Waals surface area contributed by atoms with E-state index in [0.29, 0.717) is 0 Å². The van der Waals surface area contributed by atoms with Crippen LogP contribution in [0.4, 0.5) is 0 Å². The van der Waals surface area contributed by atoms with E-state index >= 15 is 0 Å². The fourth-order valence-corrected chi connectivity index (χ4v) is 5.08. The normalized spacial score (nSPS) is 46.7. The summed E-state index contributed by atoms with van der Waals surface area (Å²) in [7, 11) is 0. The molecule has 5 unspecified atom stereocenters. The summed E-state index contributed by atoms with van der Waals surface area (Å²) in [6, 6.07) is 0.844. The molecule has 0 radical (unpaired) electrons. The van der Waals surface area contributed by atoms with E-state index in [2.05, 4.69) is 23.3 Å². The highest BCUT2D eigenvalue weighted by Crippen LogP contribution is 2.48. The Morgan fingerprint density at radius 3 is 2.62 bits per heavy atom. The Bertz CT molecular complexity index is 243. The first kappa shape index (κ1) is 11.4. The fraction of sp³-hybridized carbons (Fsp3) is 1.00. The van der Waals surface area contributed by atoms with Gasteiger partial charge in [-0.1, -0.05) is 6.42 Å². The zero-order chi connectivity index (χ0) is 11.0. The van der Waals surface area contributed by atoms with E-state index in [-0.39, 0.29) is 0 Å². The largest absolute Gasteiger partial charge is 0.314 e. The highest BCUT2D eigenvalue weighted by atomic mass is 32.2. The minimum atomic E-state index is 0.844. The highest BCUT2D eigenvalue weighted by molar-refractivity contribution is 7.99. The molecule has 3 aliphatic carbocycles. The van der Waals surface area contributed by atoms with Gasteiger partial charge in [0.25, 0.3) is 0 Å². The third-order valence-corrected chi connectivity index (χ3v) is 6.37. The summed E-state index contributed by atoms with van der Waals surface area (Å²) in [6.07, 6.45) is 12.7. The lowest BCUT2D eigenvalue weighted by molar-refractivity contribution is 0.306. The van der Waals surface area contributed by atoms with Crippen molar-refractivity contribution in [3.05, 3.63) is 0 Å². The average molecular weight is 239 g/mol. The topological polar surface area (TPSA) is 12.0 Å². The molecule has 3 saturated carbocycles. The number of nitrogens with one attached hydrogen (secondary N) is 1. The molecule has 2 heteroatoms. The van der Waals surface area contributed by atoms with Crippen molar-refractivity contribution in [3.63, 3.8) is 0 Å². The number of thioether (sulfide) groups is 1. The van der Waals surface area contributed by atoms with E-state index in [1.165, 1.54) is 38.6 Å². The lowest BCUT2D eigenvalue weighted by Crippen LogP contribution is -2.33. The first-order valence-electron chi connectivity index (χ1n) is 7.11. The van der Waals surface area contributed by atoms with Gasteiger partial charge >= 0.3 is 0 Å². The zero-order valence-electron chi connectivity index (χ0n) is 10.5. The van der Waals surface area contributed by atoms with Crippen LogP contribution in [0.3, 0.4) is 0 Å². The van der Waals surface area contributed by atoms with Crippen molar-refractivity contribution < 1.29 is 0 Å². The van der Waals surface area contributed by atoms with Gasteiger partial charge in [-0.2, -0.15) is 11.8 Å². The van der Waals surface area contributed by atoms with E-state index < -0.39 is 0 Å². The number of hydrogen-bond acceptors (Lipinski definition) is 2. The Hall–Kier alpha value is 0.310. The molecule has 3 fully saturated rings. The predicted octanol–water partition coefficient (Wildman–Crippen LogP) is 3.30. The molecule has 0 aromatic carbocycles. The van der Waals surface area contributed by atoms with E-state index in [4.69, 9.17) is 0 Å². The summed E-state index contributed by atoms with van der Waals surface area (Å²) in [4.78, 5) is 0. The molecule has 0 amide bonds. The second-order valence-corrected chi connectivity index (χ2v) is 7.35. The molecule has 92 valence electrons. The molecule has 0 aliphatic heterocycles. The number of rotatable bonds is 4. The molecule has 3 rings (SSSR count). The molecular formula is C14H25NS. The molecule has 0 saturated heterocycles. The fourth-order valence-electron chi connectivity index (χ4n) is 4.28. The van der Waals surface area contributed by atoms with E-state index in [0.717, 1.165) is 29.0 Å². The second-order valence-electron chi connectivity index (χ2n) is 6.21. The molecule has 0 spiro atoms. The summed E-state index contributed by atoms with van der Waals surface area (Å²) in [6.45, 7) is 1.33. The van der Waals surface area contributed by atoms with Crippen LogP contribution in [0.5, 0.6) is 0 Å². The molecule has 1 N–H and O–H groups in total. The SMILES string of the molecule is CSC1CCC(NCC2CC3CCC2C3)C1. The monoisotopic (exact) mass is 239 g/mol. The van der Waals surface area contributed by atoms with Gasteiger partial charge < -0.3 is 5.32 Å². The molecule has 3 aliphatic rings. The Morgan fingerprint density at radius 2 is 2.00 bits per heavy atom. The summed E-state index contributed by atoms with van der Waals surface area (Å²) in [5.41, 5.74) is 0. The van der Waals surface area contributed by atoms with Gasteiger partial charge in [0.2, 0.25) is 0 Å². The van der Waals surface area contributed by atoms with Crippen LogP contribution in [-0.2, 0) is 0 Å². The number of hydrogen-bond donors (Lipinski definition) is 1. The van der Waals surface area contributed by atoms with Gasteiger partial charge in [0.05, 0.1) is 0 Å². The summed E-state index contributed by atoms with van der Waals surface area (Å²) in [5.74, 6) is 3.24. The number of fused-ring (bicyclic) bond motifs is 2. The highest BCUT2D eigenvalue weighted by Gasteiger charge is 2.39. The summed E-state index contributed by atoms with van der Waals surface area (Å²) in [5, 5.41) is 4.80. The quantitative estimate of drug-likeness (QED) is 0.808. The van der Waals surface area contributed by atoms with E-state index in [1.54, 1.807) is 12.8 Å². The van der Waals surface area contributed by atoms with Gasteiger partial charge in [-0.3, -0.25) is 0 Å². The second kappa shape index (κ2) is 4.89. The van der Waals surface area contributed by atoms with Crippen LogP contribution in [0.2, 0.25) is 0 Å². The van der Waals surface area contributed by atoms with Crippen molar-refractivity contribution in [2.24, 2.45) is 17.8 Å². The third kappa shape index (κ3) is 2.28. The van der Waals surface area contributed by atoms with Crippen molar-refractivity contribution in [3.8, 4) is 0 Å². The van der Waals surface area contributed by atoms with Crippen LogP contribution in [-0.4, -0.2) is 24.1 Å². The maximum Gasteiger partial charge on any atom is 0.00781 e. The molecule has 5 atom stereocenters. The van der Waals surface area contributed by atoms with Gasteiger partial charge in [-0.15, -0.1) is 0 Å². The Labute approximate surface area is 104 Å².